The Balaban J connectivity index is 1.41. The number of hydrogen-bond acceptors (Lipinski definition) is 4. The van der Waals surface area contributed by atoms with Gasteiger partial charge in [-0.15, -0.1) is 0 Å². The lowest BCUT2D eigenvalue weighted by atomic mass is 9.86. The highest BCUT2D eigenvalue weighted by molar-refractivity contribution is 5.69. The Morgan fingerprint density at radius 3 is 3.00 bits per heavy atom. The fourth-order valence-electron chi connectivity index (χ4n) is 4.02. The van der Waals surface area contributed by atoms with Crippen molar-refractivity contribution in [2.75, 3.05) is 13.2 Å². The van der Waals surface area contributed by atoms with E-state index < -0.39 is 0 Å². The number of benzene rings is 1. The third kappa shape index (κ3) is 4.97. The summed E-state index contributed by atoms with van der Waals surface area (Å²) in [6, 6.07) is 5.67. The third-order valence-corrected chi connectivity index (χ3v) is 5.33. The first-order chi connectivity index (χ1) is 12.2. The summed E-state index contributed by atoms with van der Waals surface area (Å²) in [4.78, 5) is 11.4. The zero-order chi connectivity index (χ0) is 17.6. The molecule has 1 aromatic rings. The van der Waals surface area contributed by atoms with Crippen molar-refractivity contribution < 1.29 is 14.3 Å². The van der Waals surface area contributed by atoms with E-state index in [0.717, 1.165) is 50.9 Å². The van der Waals surface area contributed by atoms with Crippen LogP contribution in [0.3, 0.4) is 0 Å². The summed E-state index contributed by atoms with van der Waals surface area (Å²) >= 11 is 0. The first kappa shape index (κ1) is 18.2. The van der Waals surface area contributed by atoms with Crippen LogP contribution in [-0.2, 0) is 28.8 Å². The molecule has 25 heavy (non-hydrogen) atoms. The van der Waals surface area contributed by atoms with E-state index in [1.165, 1.54) is 23.1 Å². The second-order valence-corrected chi connectivity index (χ2v) is 7.39. The van der Waals surface area contributed by atoms with E-state index in [-0.39, 0.29) is 5.97 Å². The molecule has 0 spiro atoms. The van der Waals surface area contributed by atoms with Crippen molar-refractivity contribution in [1.29, 1.82) is 0 Å². The van der Waals surface area contributed by atoms with Crippen LogP contribution in [0.4, 0.5) is 0 Å². The standard InChI is InChI=1S/C21H31NO3/c1-3-24-21(23)7-5-4-6-15(2)22-19-9-8-16-12-17-10-11-25-20(17)14-18(16)13-19/h12,14-15,19,22H,3-11,13H2,1-2H3. The van der Waals surface area contributed by atoms with Crippen LogP contribution in [0.5, 0.6) is 5.75 Å². The Hall–Kier alpha value is -1.55. The predicted molar refractivity (Wildman–Crippen MR) is 99.2 cm³/mol. The van der Waals surface area contributed by atoms with Crippen LogP contribution in [0.15, 0.2) is 12.1 Å². The predicted octanol–water partition coefficient (Wildman–Crippen LogP) is 3.58. The van der Waals surface area contributed by atoms with Crippen molar-refractivity contribution in [2.24, 2.45) is 0 Å². The van der Waals surface area contributed by atoms with Crippen molar-refractivity contribution in [3.8, 4) is 5.75 Å². The average molecular weight is 345 g/mol. The lowest BCUT2D eigenvalue weighted by Gasteiger charge is -2.29. The SMILES string of the molecule is CCOC(=O)CCCCC(C)NC1CCc2cc3c(cc2C1)OCC3. The topological polar surface area (TPSA) is 47.6 Å². The number of carbonyl (C=O) groups is 1. The molecule has 1 aromatic carbocycles. The normalized spacial score (nSPS) is 19.7. The summed E-state index contributed by atoms with van der Waals surface area (Å²) in [5.41, 5.74) is 4.36. The van der Waals surface area contributed by atoms with Gasteiger partial charge in [0.15, 0.2) is 0 Å². The van der Waals surface area contributed by atoms with E-state index in [4.69, 9.17) is 9.47 Å². The van der Waals surface area contributed by atoms with Crippen molar-refractivity contribution in [3.05, 3.63) is 28.8 Å². The number of hydrogen-bond donors (Lipinski definition) is 1. The van der Waals surface area contributed by atoms with Crippen LogP contribution in [0, 0.1) is 0 Å². The van der Waals surface area contributed by atoms with Crippen molar-refractivity contribution in [1.82, 2.24) is 5.32 Å². The molecule has 1 aliphatic carbocycles. The van der Waals surface area contributed by atoms with Gasteiger partial charge in [-0.3, -0.25) is 4.79 Å². The molecule has 4 nitrogen and oxygen atoms in total. The van der Waals surface area contributed by atoms with Gasteiger partial charge in [-0.1, -0.05) is 12.5 Å². The fourth-order valence-corrected chi connectivity index (χ4v) is 4.02. The second kappa shape index (κ2) is 8.70. The zero-order valence-corrected chi connectivity index (χ0v) is 15.6. The number of esters is 1. The van der Waals surface area contributed by atoms with Crippen LogP contribution >= 0.6 is 0 Å². The molecule has 1 heterocycles. The van der Waals surface area contributed by atoms with Gasteiger partial charge in [-0.25, -0.2) is 0 Å². The zero-order valence-electron chi connectivity index (χ0n) is 15.6. The Labute approximate surface area is 151 Å². The summed E-state index contributed by atoms with van der Waals surface area (Å²) in [5.74, 6) is 1.04. The molecule has 2 aliphatic rings. The van der Waals surface area contributed by atoms with Gasteiger partial charge in [-0.2, -0.15) is 0 Å². The molecule has 2 unspecified atom stereocenters. The van der Waals surface area contributed by atoms with Gasteiger partial charge in [0, 0.05) is 24.9 Å². The summed E-state index contributed by atoms with van der Waals surface area (Å²) in [7, 11) is 0. The van der Waals surface area contributed by atoms with E-state index in [1.807, 2.05) is 6.92 Å². The molecule has 0 radical (unpaired) electrons. The fraction of sp³-hybridized carbons (Fsp3) is 0.667. The van der Waals surface area contributed by atoms with Crippen molar-refractivity contribution in [2.45, 2.75) is 77.3 Å². The first-order valence-electron chi connectivity index (χ1n) is 9.85. The third-order valence-electron chi connectivity index (χ3n) is 5.33. The maximum Gasteiger partial charge on any atom is 0.305 e. The molecule has 138 valence electrons. The molecular weight excluding hydrogens is 314 g/mol. The maximum atomic E-state index is 11.4. The number of fused-ring (bicyclic) bond motifs is 2. The number of carbonyl (C=O) groups excluding carboxylic acids is 1. The Kier molecular flexibility index (Phi) is 6.35. The van der Waals surface area contributed by atoms with E-state index in [2.05, 4.69) is 24.4 Å². The van der Waals surface area contributed by atoms with Crippen molar-refractivity contribution in [3.63, 3.8) is 0 Å². The molecule has 1 aliphatic heterocycles. The first-order valence-corrected chi connectivity index (χ1v) is 9.85. The highest BCUT2D eigenvalue weighted by atomic mass is 16.5. The number of aryl methyl sites for hydroxylation is 1. The Morgan fingerprint density at radius 2 is 2.16 bits per heavy atom. The molecule has 2 atom stereocenters. The molecule has 0 fully saturated rings. The number of rotatable bonds is 8. The largest absolute Gasteiger partial charge is 0.493 e. The molecule has 0 saturated carbocycles. The van der Waals surface area contributed by atoms with Crippen LogP contribution in [0.25, 0.3) is 0 Å². The van der Waals surface area contributed by atoms with Crippen LogP contribution in [0.2, 0.25) is 0 Å². The van der Waals surface area contributed by atoms with E-state index in [9.17, 15) is 4.79 Å². The van der Waals surface area contributed by atoms with Crippen LogP contribution in [0.1, 0.15) is 62.6 Å². The van der Waals surface area contributed by atoms with Crippen molar-refractivity contribution >= 4 is 5.97 Å². The number of ether oxygens (including phenoxy) is 2. The van der Waals surface area contributed by atoms with Gasteiger partial charge < -0.3 is 14.8 Å². The second-order valence-electron chi connectivity index (χ2n) is 7.39. The van der Waals surface area contributed by atoms with Crippen LogP contribution in [-0.4, -0.2) is 31.3 Å². The van der Waals surface area contributed by atoms with Gasteiger partial charge in [0.25, 0.3) is 0 Å². The van der Waals surface area contributed by atoms with Gasteiger partial charge in [-0.05, 0) is 68.7 Å². The molecule has 4 heteroatoms. The van der Waals surface area contributed by atoms with Crippen LogP contribution < -0.4 is 10.1 Å². The minimum atomic E-state index is -0.0678. The molecular formula is C21H31NO3. The Bertz CT molecular complexity index is 599. The quantitative estimate of drug-likeness (QED) is 0.578. The minimum absolute atomic E-state index is 0.0678. The smallest absolute Gasteiger partial charge is 0.305 e. The summed E-state index contributed by atoms with van der Waals surface area (Å²) in [6.45, 7) is 5.43. The molecule has 1 N–H and O–H groups in total. The van der Waals surface area contributed by atoms with Gasteiger partial charge in [0.1, 0.15) is 5.75 Å². The monoisotopic (exact) mass is 345 g/mol. The summed E-state index contributed by atoms with van der Waals surface area (Å²) in [6.07, 6.45) is 8.17. The van der Waals surface area contributed by atoms with Gasteiger partial charge in [0.05, 0.1) is 13.2 Å². The molecule has 0 bridgehead atoms. The molecule has 0 saturated heterocycles. The minimum Gasteiger partial charge on any atom is -0.493 e. The molecule has 3 rings (SSSR count). The molecule has 0 amide bonds. The summed E-state index contributed by atoms with van der Waals surface area (Å²) < 4.78 is 10.7. The van der Waals surface area contributed by atoms with Gasteiger partial charge in [0.2, 0.25) is 0 Å². The number of nitrogens with one attached hydrogen (secondary N) is 1. The highest BCUT2D eigenvalue weighted by Crippen LogP contribution is 2.32. The average Bonchev–Trinajstić information content (AvgIpc) is 3.04. The maximum absolute atomic E-state index is 11.4. The van der Waals surface area contributed by atoms with E-state index >= 15 is 0 Å². The lowest BCUT2D eigenvalue weighted by Crippen LogP contribution is -2.40. The number of unbranched alkanes of at least 4 members (excludes halogenated alkanes) is 1. The van der Waals surface area contributed by atoms with Gasteiger partial charge >= 0.3 is 5.97 Å². The lowest BCUT2D eigenvalue weighted by molar-refractivity contribution is -0.143. The Morgan fingerprint density at radius 1 is 1.28 bits per heavy atom. The molecule has 0 aromatic heterocycles. The highest BCUT2D eigenvalue weighted by Gasteiger charge is 2.23. The summed E-state index contributed by atoms with van der Waals surface area (Å²) in [5, 5.41) is 3.78. The van der Waals surface area contributed by atoms with E-state index in [1.54, 1.807) is 0 Å². The van der Waals surface area contributed by atoms with E-state index in [0.29, 0.717) is 25.1 Å².